The average molecular weight is 200 g/mol. The zero-order chi connectivity index (χ0) is 11.1. The van der Waals surface area contributed by atoms with Crippen LogP contribution >= 0.6 is 0 Å². The number of rotatable bonds is 3. The molecule has 1 aromatic rings. The second-order valence-corrected chi connectivity index (χ2v) is 3.60. The third kappa shape index (κ3) is 3.91. The molecular formula is C14H16O. The van der Waals surface area contributed by atoms with Crippen LogP contribution in [0.5, 0.6) is 0 Å². The van der Waals surface area contributed by atoms with Crippen LogP contribution in [0.2, 0.25) is 0 Å². The molecule has 0 radical (unpaired) electrons. The quantitative estimate of drug-likeness (QED) is 0.537. The molecule has 0 aliphatic carbocycles. The van der Waals surface area contributed by atoms with E-state index in [2.05, 4.69) is 32.3 Å². The van der Waals surface area contributed by atoms with Crippen LogP contribution in [0.1, 0.15) is 19.4 Å². The Hall–Kier alpha value is -1.68. The summed E-state index contributed by atoms with van der Waals surface area (Å²) in [5.41, 5.74) is 1.01. The molecule has 0 bridgehead atoms. The molecule has 0 aliphatic heterocycles. The minimum atomic E-state index is -0.0808. The van der Waals surface area contributed by atoms with E-state index in [0.29, 0.717) is 5.92 Å². The molecule has 0 aromatic heterocycles. The van der Waals surface area contributed by atoms with Gasteiger partial charge in [0.2, 0.25) is 0 Å². The van der Waals surface area contributed by atoms with Gasteiger partial charge in [-0.05, 0) is 12.1 Å². The van der Waals surface area contributed by atoms with Gasteiger partial charge in [-0.25, -0.2) is 0 Å². The molecule has 1 atom stereocenters. The molecule has 0 saturated heterocycles. The van der Waals surface area contributed by atoms with Gasteiger partial charge in [-0.2, -0.15) is 0 Å². The Bertz CT molecular complexity index is 354. The SMILES string of the molecule is C=COC(C#Cc1ccccc1)C(C)C. The van der Waals surface area contributed by atoms with Crippen molar-refractivity contribution in [2.75, 3.05) is 0 Å². The average Bonchev–Trinajstić information content (AvgIpc) is 2.25. The molecule has 0 aliphatic rings. The maximum atomic E-state index is 5.32. The minimum absolute atomic E-state index is 0.0808. The normalized spacial score (nSPS) is 11.4. The molecule has 1 heteroatoms. The van der Waals surface area contributed by atoms with Gasteiger partial charge in [0.15, 0.2) is 6.10 Å². The first kappa shape index (κ1) is 11.4. The third-order valence-electron chi connectivity index (χ3n) is 1.98. The standard InChI is InChI=1S/C14H16O/c1-4-15-14(12(2)3)11-10-13-8-6-5-7-9-13/h4-9,12,14H,1H2,2-3H3. The van der Waals surface area contributed by atoms with Gasteiger partial charge >= 0.3 is 0 Å². The van der Waals surface area contributed by atoms with E-state index in [1.165, 1.54) is 6.26 Å². The van der Waals surface area contributed by atoms with Crippen LogP contribution in [0.25, 0.3) is 0 Å². The van der Waals surface area contributed by atoms with Crippen molar-refractivity contribution in [2.24, 2.45) is 5.92 Å². The molecule has 0 amide bonds. The molecule has 15 heavy (non-hydrogen) atoms. The predicted octanol–water partition coefficient (Wildman–Crippen LogP) is 3.22. The largest absolute Gasteiger partial charge is 0.486 e. The Balaban J connectivity index is 2.73. The summed E-state index contributed by atoms with van der Waals surface area (Å²) >= 11 is 0. The van der Waals surface area contributed by atoms with Crippen LogP contribution in [-0.2, 0) is 4.74 Å². The Morgan fingerprint density at radius 2 is 1.93 bits per heavy atom. The van der Waals surface area contributed by atoms with Crippen molar-refractivity contribution in [2.45, 2.75) is 20.0 Å². The van der Waals surface area contributed by atoms with Crippen molar-refractivity contribution in [3.8, 4) is 11.8 Å². The Kier molecular flexibility index (Phi) is 4.50. The summed E-state index contributed by atoms with van der Waals surface area (Å²) in [5.74, 6) is 6.54. The fourth-order valence-corrected chi connectivity index (χ4v) is 1.14. The van der Waals surface area contributed by atoms with Crippen LogP contribution < -0.4 is 0 Å². The van der Waals surface area contributed by atoms with E-state index < -0.39 is 0 Å². The molecule has 0 fully saturated rings. The van der Waals surface area contributed by atoms with Crippen LogP contribution in [0, 0.1) is 17.8 Å². The van der Waals surface area contributed by atoms with Crippen molar-refractivity contribution in [3.63, 3.8) is 0 Å². The number of benzene rings is 1. The van der Waals surface area contributed by atoms with Gasteiger partial charge in [-0.3, -0.25) is 0 Å². The molecule has 0 spiro atoms. The lowest BCUT2D eigenvalue weighted by Crippen LogP contribution is -2.14. The highest BCUT2D eigenvalue weighted by molar-refractivity contribution is 5.34. The van der Waals surface area contributed by atoms with Gasteiger partial charge in [-0.1, -0.05) is 50.5 Å². The fourth-order valence-electron chi connectivity index (χ4n) is 1.14. The lowest BCUT2D eigenvalue weighted by molar-refractivity contribution is 0.152. The molecule has 1 rings (SSSR count). The van der Waals surface area contributed by atoms with Crippen molar-refractivity contribution in [1.82, 2.24) is 0 Å². The van der Waals surface area contributed by atoms with Crippen LogP contribution in [0.4, 0.5) is 0 Å². The summed E-state index contributed by atoms with van der Waals surface area (Å²) in [6.07, 6.45) is 1.37. The van der Waals surface area contributed by atoms with Gasteiger partial charge in [0, 0.05) is 11.5 Å². The zero-order valence-corrected chi connectivity index (χ0v) is 9.23. The van der Waals surface area contributed by atoms with Crippen LogP contribution in [0.15, 0.2) is 43.2 Å². The molecular weight excluding hydrogens is 184 g/mol. The Morgan fingerprint density at radius 3 is 2.47 bits per heavy atom. The molecule has 1 nitrogen and oxygen atoms in total. The first-order valence-corrected chi connectivity index (χ1v) is 5.07. The van der Waals surface area contributed by atoms with Gasteiger partial charge in [0.05, 0.1) is 6.26 Å². The summed E-state index contributed by atoms with van der Waals surface area (Å²) < 4.78 is 5.32. The smallest absolute Gasteiger partial charge is 0.160 e. The monoisotopic (exact) mass is 200 g/mol. The summed E-state index contributed by atoms with van der Waals surface area (Å²) in [5, 5.41) is 0. The number of ether oxygens (including phenoxy) is 1. The summed E-state index contributed by atoms with van der Waals surface area (Å²) in [6, 6.07) is 9.90. The molecule has 78 valence electrons. The topological polar surface area (TPSA) is 9.23 Å². The van der Waals surface area contributed by atoms with Crippen molar-refractivity contribution < 1.29 is 4.74 Å². The summed E-state index contributed by atoms with van der Waals surface area (Å²) in [7, 11) is 0. The van der Waals surface area contributed by atoms with Crippen molar-refractivity contribution in [1.29, 1.82) is 0 Å². The van der Waals surface area contributed by atoms with Gasteiger partial charge in [0.1, 0.15) is 0 Å². The first-order chi connectivity index (χ1) is 7.24. The lowest BCUT2D eigenvalue weighted by atomic mass is 10.1. The number of hydrogen-bond acceptors (Lipinski definition) is 1. The third-order valence-corrected chi connectivity index (χ3v) is 1.98. The fraction of sp³-hybridized carbons (Fsp3) is 0.286. The maximum Gasteiger partial charge on any atom is 0.160 e. The van der Waals surface area contributed by atoms with Crippen molar-refractivity contribution in [3.05, 3.63) is 48.7 Å². The highest BCUT2D eigenvalue weighted by Crippen LogP contribution is 2.06. The van der Waals surface area contributed by atoms with E-state index in [1.54, 1.807) is 0 Å². The molecule has 0 heterocycles. The zero-order valence-electron chi connectivity index (χ0n) is 9.23. The molecule has 1 aromatic carbocycles. The second-order valence-electron chi connectivity index (χ2n) is 3.60. The Labute approximate surface area is 91.8 Å². The van der Waals surface area contributed by atoms with E-state index in [-0.39, 0.29) is 6.10 Å². The maximum absolute atomic E-state index is 5.32. The summed E-state index contributed by atoms with van der Waals surface area (Å²) in [6.45, 7) is 7.70. The van der Waals surface area contributed by atoms with E-state index in [4.69, 9.17) is 4.74 Å². The molecule has 1 unspecified atom stereocenters. The summed E-state index contributed by atoms with van der Waals surface area (Å²) in [4.78, 5) is 0. The van der Waals surface area contributed by atoms with Crippen molar-refractivity contribution >= 4 is 0 Å². The highest BCUT2D eigenvalue weighted by Gasteiger charge is 2.08. The minimum Gasteiger partial charge on any atom is -0.486 e. The first-order valence-electron chi connectivity index (χ1n) is 5.07. The predicted molar refractivity (Wildman–Crippen MR) is 63.2 cm³/mol. The number of hydrogen-bond donors (Lipinski definition) is 0. The van der Waals surface area contributed by atoms with E-state index in [9.17, 15) is 0 Å². The van der Waals surface area contributed by atoms with Gasteiger partial charge in [-0.15, -0.1) is 0 Å². The van der Waals surface area contributed by atoms with E-state index in [1.807, 2.05) is 30.3 Å². The van der Waals surface area contributed by atoms with Gasteiger partial charge in [0.25, 0.3) is 0 Å². The molecule has 0 N–H and O–H groups in total. The van der Waals surface area contributed by atoms with Crippen LogP contribution in [0.3, 0.4) is 0 Å². The lowest BCUT2D eigenvalue weighted by Gasteiger charge is -2.13. The molecule has 0 saturated carbocycles. The second kappa shape index (κ2) is 5.93. The van der Waals surface area contributed by atoms with E-state index >= 15 is 0 Å². The van der Waals surface area contributed by atoms with E-state index in [0.717, 1.165) is 5.56 Å². The highest BCUT2D eigenvalue weighted by atomic mass is 16.5. The van der Waals surface area contributed by atoms with Crippen LogP contribution in [-0.4, -0.2) is 6.10 Å². The Morgan fingerprint density at radius 1 is 1.27 bits per heavy atom. The van der Waals surface area contributed by atoms with Gasteiger partial charge < -0.3 is 4.74 Å².